The molecule has 0 fully saturated rings. The van der Waals surface area contributed by atoms with E-state index in [2.05, 4.69) is 34.6 Å². The van der Waals surface area contributed by atoms with Gasteiger partial charge >= 0.3 is 0 Å². The second kappa shape index (κ2) is 9.98. The molecule has 0 aliphatic heterocycles. The molecule has 3 aromatic carbocycles. The van der Waals surface area contributed by atoms with Crippen molar-refractivity contribution >= 4 is 39.2 Å². The highest BCUT2D eigenvalue weighted by atomic mass is 32.1. The SMILES string of the molecule is COc1ccc(/C=C(\C#N)C(=O)Nc2ncc(Cc3cccc4ccccc34)s2)cc1OC. The molecule has 0 aliphatic carbocycles. The van der Waals surface area contributed by atoms with Crippen molar-refractivity contribution in [2.24, 2.45) is 0 Å². The number of benzene rings is 3. The molecule has 0 atom stereocenters. The zero-order valence-corrected chi connectivity index (χ0v) is 19.0. The summed E-state index contributed by atoms with van der Waals surface area (Å²) in [6, 6.07) is 21.6. The first-order valence-corrected chi connectivity index (χ1v) is 11.0. The number of hydrogen-bond donors (Lipinski definition) is 1. The average Bonchev–Trinajstić information content (AvgIpc) is 3.29. The monoisotopic (exact) mass is 455 g/mol. The Balaban J connectivity index is 1.49. The number of hydrogen-bond acceptors (Lipinski definition) is 6. The van der Waals surface area contributed by atoms with Gasteiger partial charge in [0.1, 0.15) is 11.6 Å². The summed E-state index contributed by atoms with van der Waals surface area (Å²) < 4.78 is 10.5. The number of thiazole rings is 1. The molecule has 1 heterocycles. The van der Waals surface area contributed by atoms with Gasteiger partial charge in [-0.3, -0.25) is 10.1 Å². The molecular weight excluding hydrogens is 434 g/mol. The fraction of sp³-hybridized carbons (Fsp3) is 0.115. The van der Waals surface area contributed by atoms with E-state index in [1.54, 1.807) is 31.5 Å². The molecule has 4 rings (SSSR count). The van der Waals surface area contributed by atoms with Crippen molar-refractivity contribution in [3.8, 4) is 17.6 Å². The van der Waals surface area contributed by atoms with Crippen LogP contribution in [0.15, 0.2) is 72.4 Å². The van der Waals surface area contributed by atoms with Crippen LogP contribution in [0.1, 0.15) is 16.0 Å². The van der Waals surface area contributed by atoms with Gasteiger partial charge in [0.25, 0.3) is 5.91 Å². The molecule has 33 heavy (non-hydrogen) atoms. The minimum atomic E-state index is -0.515. The normalized spacial score (nSPS) is 11.1. The van der Waals surface area contributed by atoms with Crippen molar-refractivity contribution in [1.82, 2.24) is 4.98 Å². The number of methoxy groups -OCH3 is 2. The first-order chi connectivity index (χ1) is 16.1. The Labute approximate surface area is 195 Å². The number of aromatic nitrogens is 1. The van der Waals surface area contributed by atoms with E-state index >= 15 is 0 Å². The maximum absolute atomic E-state index is 12.7. The molecule has 0 unspecified atom stereocenters. The zero-order valence-electron chi connectivity index (χ0n) is 18.2. The molecule has 7 heteroatoms. The predicted octanol–water partition coefficient (Wildman–Crippen LogP) is 5.45. The van der Waals surface area contributed by atoms with Gasteiger partial charge in [-0.2, -0.15) is 5.26 Å². The van der Waals surface area contributed by atoms with Crippen molar-refractivity contribution in [2.45, 2.75) is 6.42 Å². The van der Waals surface area contributed by atoms with Crippen LogP contribution in [0.4, 0.5) is 5.13 Å². The second-order valence-electron chi connectivity index (χ2n) is 7.19. The summed E-state index contributed by atoms with van der Waals surface area (Å²) in [5.74, 6) is 0.569. The van der Waals surface area contributed by atoms with Gasteiger partial charge in [-0.1, -0.05) is 48.5 Å². The van der Waals surface area contributed by atoms with E-state index < -0.39 is 5.91 Å². The zero-order chi connectivity index (χ0) is 23.2. The van der Waals surface area contributed by atoms with Crippen LogP contribution in [0.25, 0.3) is 16.8 Å². The van der Waals surface area contributed by atoms with Crippen LogP contribution in [-0.2, 0) is 11.2 Å². The van der Waals surface area contributed by atoms with E-state index in [9.17, 15) is 10.1 Å². The van der Waals surface area contributed by atoms with E-state index in [0.29, 0.717) is 28.6 Å². The third-order valence-corrected chi connectivity index (χ3v) is 6.02. The average molecular weight is 456 g/mol. The Morgan fingerprint density at radius 1 is 1.09 bits per heavy atom. The summed E-state index contributed by atoms with van der Waals surface area (Å²) >= 11 is 1.39. The molecule has 1 amide bonds. The van der Waals surface area contributed by atoms with Crippen LogP contribution < -0.4 is 14.8 Å². The molecular formula is C26H21N3O3S. The van der Waals surface area contributed by atoms with Crippen LogP contribution in [0.3, 0.4) is 0 Å². The number of carbonyl (C=O) groups is 1. The lowest BCUT2D eigenvalue weighted by molar-refractivity contribution is -0.112. The molecule has 0 saturated carbocycles. The fourth-order valence-corrected chi connectivity index (χ4v) is 4.33. The van der Waals surface area contributed by atoms with Crippen LogP contribution in [0, 0.1) is 11.3 Å². The highest BCUT2D eigenvalue weighted by Gasteiger charge is 2.13. The lowest BCUT2D eigenvalue weighted by Gasteiger charge is -2.08. The third kappa shape index (κ3) is 5.03. The number of fused-ring (bicyclic) bond motifs is 1. The van der Waals surface area contributed by atoms with Gasteiger partial charge in [0.05, 0.1) is 14.2 Å². The lowest BCUT2D eigenvalue weighted by atomic mass is 10.0. The Morgan fingerprint density at radius 2 is 1.88 bits per heavy atom. The molecule has 0 aliphatic rings. The number of carbonyl (C=O) groups excluding carboxylic acids is 1. The molecule has 0 bridgehead atoms. The Kier molecular flexibility index (Phi) is 6.67. The van der Waals surface area contributed by atoms with Gasteiger partial charge in [-0.15, -0.1) is 11.3 Å². The summed E-state index contributed by atoms with van der Waals surface area (Å²) in [5.41, 5.74) is 1.81. The van der Waals surface area contributed by atoms with Crippen LogP contribution in [0.2, 0.25) is 0 Å². The minimum Gasteiger partial charge on any atom is -0.493 e. The molecule has 1 N–H and O–H groups in total. The second-order valence-corrected chi connectivity index (χ2v) is 8.30. The number of amides is 1. The highest BCUT2D eigenvalue weighted by Crippen LogP contribution is 2.29. The molecule has 6 nitrogen and oxygen atoms in total. The maximum atomic E-state index is 12.7. The van der Waals surface area contributed by atoms with E-state index in [0.717, 1.165) is 4.88 Å². The van der Waals surface area contributed by atoms with Crippen LogP contribution >= 0.6 is 11.3 Å². The molecule has 0 radical (unpaired) electrons. The van der Waals surface area contributed by atoms with Crippen LogP contribution in [-0.4, -0.2) is 25.1 Å². The number of nitrogens with one attached hydrogen (secondary N) is 1. The van der Waals surface area contributed by atoms with E-state index in [-0.39, 0.29) is 5.57 Å². The Bertz CT molecular complexity index is 1380. The summed E-state index contributed by atoms with van der Waals surface area (Å²) in [6.45, 7) is 0. The summed E-state index contributed by atoms with van der Waals surface area (Å²) in [4.78, 5) is 18.0. The molecule has 4 aromatic rings. The predicted molar refractivity (Wildman–Crippen MR) is 131 cm³/mol. The summed E-state index contributed by atoms with van der Waals surface area (Å²) in [7, 11) is 3.08. The fourth-order valence-electron chi connectivity index (χ4n) is 3.50. The van der Waals surface area contributed by atoms with Crippen molar-refractivity contribution < 1.29 is 14.3 Å². The topological polar surface area (TPSA) is 84.2 Å². The standard InChI is InChI=1S/C26H21N3O3S/c1-31-23-11-10-17(13-24(23)32-2)12-20(15-27)25(30)29-26-28-16-21(33-26)14-19-8-5-7-18-6-3-4-9-22(18)19/h3-13,16H,14H2,1-2H3,(H,28,29,30)/b20-12+. The van der Waals surface area contributed by atoms with E-state index in [4.69, 9.17) is 9.47 Å². The highest BCUT2D eigenvalue weighted by molar-refractivity contribution is 7.15. The molecule has 0 spiro atoms. The summed E-state index contributed by atoms with van der Waals surface area (Å²) in [5, 5.41) is 15.1. The first-order valence-electron chi connectivity index (χ1n) is 10.2. The van der Waals surface area contributed by atoms with Gasteiger partial charge in [-0.25, -0.2) is 4.98 Å². The first kappa shape index (κ1) is 22.1. The van der Waals surface area contributed by atoms with Crippen LogP contribution in [0.5, 0.6) is 11.5 Å². The minimum absolute atomic E-state index is 0.0342. The van der Waals surface area contributed by atoms with Crippen molar-refractivity contribution in [3.63, 3.8) is 0 Å². The Morgan fingerprint density at radius 3 is 2.67 bits per heavy atom. The third-order valence-electron chi connectivity index (χ3n) is 5.10. The molecule has 164 valence electrons. The van der Waals surface area contributed by atoms with Gasteiger partial charge in [0, 0.05) is 17.5 Å². The number of anilines is 1. The van der Waals surface area contributed by atoms with Crippen molar-refractivity contribution in [1.29, 1.82) is 5.26 Å². The smallest absolute Gasteiger partial charge is 0.268 e. The maximum Gasteiger partial charge on any atom is 0.268 e. The molecule has 0 saturated heterocycles. The number of rotatable bonds is 7. The number of ether oxygens (including phenoxy) is 2. The Hall–Kier alpha value is -4.15. The van der Waals surface area contributed by atoms with Gasteiger partial charge < -0.3 is 9.47 Å². The number of nitrogens with zero attached hydrogens (tertiary/aromatic N) is 2. The number of nitriles is 1. The van der Waals surface area contributed by atoms with Gasteiger partial charge in [0.15, 0.2) is 16.6 Å². The summed E-state index contributed by atoms with van der Waals surface area (Å²) in [6.07, 6.45) is 3.97. The van der Waals surface area contributed by atoms with E-state index in [1.165, 1.54) is 40.9 Å². The molecule has 1 aromatic heterocycles. The largest absolute Gasteiger partial charge is 0.493 e. The quantitative estimate of drug-likeness (QED) is 0.296. The lowest BCUT2D eigenvalue weighted by Crippen LogP contribution is -2.13. The van der Waals surface area contributed by atoms with Crippen molar-refractivity contribution in [2.75, 3.05) is 19.5 Å². The van der Waals surface area contributed by atoms with Gasteiger partial charge in [-0.05, 0) is 40.1 Å². The van der Waals surface area contributed by atoms with Gasteiger partial charge in [0.2, 0.25) is 0 Å². The van der Waals surface area contributed by atoms with E-state index in [1.807, 2.05) is 24.3 Å². The van der Waals surface area contributed by atoms with Crippen molar-refractivity contribution in [3.05, 3.63) is 88.4 Å².